The molecule has 0 saturated carbocycles. The summed E-state index contributed by atoms with van der Waals surface area (Å²) in [4.78, 5) is 12.2. The van der Waals surface area contributed by atoms with Gasteiger partial charge in [-0.2, -0.15) is 0 Å². The highest BCUT2D eigenvalue weighted by Gasteiger charge is 2.31. The van der Waals surface area contributed by atoms with Gasteiger partial charge in [-0.1, -0.05) is 17.3 Å². The molecule has 1 heterocycles. The number of aromatic hydroxyl groups is 1. The van der Waals surface area contributed by atoms with Gasteiger partial charge in [-0.3, -0.25) is 4.79 Å². The molecule has 1 aromatic heterocycles. The largest absolute Gasteiger partial charge is 0.573 e. The Hall–Kier alpha value is -3.49. The van der Waals surface area contributed by atoms with Crippen LogP contribution in [0.5, 0.6) is 11.5 Å². The van der Waals surface area contributed by atoms with Crippen LogP contribution in [0.1, 0.15) is 10.5 Å². The molecule has 9 heteroatoms. The summed E-state index contributed by atoms with van der Waals surface area (Å²) in [6.07, 6.45) is -4.79. The molecule has 1 amide bonds. The van der Waals surface area contributed by atoms with Crippen LogP contribution in [0.25, 0.3) is 11.3 Å². The topological polar surface area (TPSA) is 84.6 Å². The van der Waals surface area contributed by atoms with Gasteiger partial charge < -0.3 is 19.7 Å². The minimum Gasteiger partial charge on any atom is -0.507 e. The number of carbonyl (C=O) groups excluding carboxylic acids is 1. The Morgan fingerprint density at radius 2 is 1.81 bits per heavy atom. The van der Waals surface area contributed by atoms with E-state index in [4.69, 9.17) is 4.52 Å². The van der Waals surface area contributed by atoms with E-state index in [2.05, 4.69) is 15.2 Å². The van der Waals surface area contributed by atoms with Gasteiger partial charge in [0.1, 0.15) is 11.5 Å². The van der Waals surface area contributed by atoms with Crippen LogP contribution in [0.3, 0.4) is 0 Å². The molecule has 0 bridgehead atoms. The molecule has 6 nitrogen and oxygen atoms in total. The van der Waals surface area contributed by atoms with Crippen molar-refractivity contribution in [1.82, 2.24) is 5.16 Å². The first-order valence-corrected chi connectivity index (χ1v) is 7.24. The molecule has 26 heavy (non-hydrogen) atoms. The van der Waals surface area contributed by atoms with Gasteiger partial charge in [0.05, 0.1) is 5.56 Å². The minimum atomic E-state index is -4.79. The highest BCUT2D eigenvalue weighted by atomic mass is 19.4. The average Bonchev–Trinajstić information content (AvgIpc) is 3.06. The number of phenols is 1. The Morgan fingerprint density at radius 3 is 2.46 bits per heavy atom. The van der Waals surface area contributed by atoms with E-state index in [-0.39, 0.29) is 22.9 Å². The van der Waals surface area contributed by atoms with E-state index in [0.717, 1.165) is 12.1 Å². The Balaban J connectivity index is 1.70. The number of nitrogens with one attached hydrogen (secondary N) is 1. The van der Waals surface area contributed by atoms with Gasteiger partial charge in [0, 0.05) is 11.8 Å². The van der Waals surface area contributed by atoms with Crippen molar-refractivity contribution in [3.05, 3.63) is 60.3 Å². The summed E-state index contributed by atoms with van der Waals surface area (Å²) in [5, 5.41) is 15.9. The predicted octanol–water partition coefficient (Wildman–Crippen LogP) is 4.20. The first-order valence-electron chi connectivity index (χ1n) is 7.24. The maximum atomic E-state index is 12.2. The molecule has 0 aliphatic carbocycles. The summed E-state index contributed by atoms with van der Waals surface area (Å²) < 4.78 is 45.1. The lowest BCUT2D eigenvalue weighted by molar-refractivity contribution is -0.274. The van der Waals surface area contributed by atoms with Crippen LogP contribution in [-0.2, 0) is 0 Å². The summed E-state index contributed by atoms with van der Waals surface area (Å²) in [5.74, 6) is -0.864. The smallest absolute Gasteiger partial charge is 0.507 e. The van der Waals surface area contributed by atoms with Gasteiger partial charge in [0.25, 0.3) is 5.91 Å². The van der Waals surface area contributed by atoms with Crippen LogP contribution in [-0.4, -0.2) is 22.5 Å². The van der Waals surface area contributed by atoms with Crippen molar-refractivity contribution in [2.45, 2.75) is 6.36 Å². The number of hydrogen-bond acceptors (Lipinski definition) is 5. The van der Waals surface area contributed by atoms with E-state index in [1.807, 2.05) is 0 Å². The Labute approximate surface area is 144 Å². The van der Waals surface area contributed by atoms with E-state index in [0.29, 0.717) is 5.56 Å². The highest BCUT2D eigenvalue weighted by molar-refractivity contribution is 6.03. The van der Waals surface area contributed by atoms with Crippen LogP contribution in [0, 0.1) is 0 Å². The monoisotopic (exact) mass is 364 g/mol. The van der Waals surface area contributed by atoms with Gasteiger partial charge >= 0.3 is 6.36 Å². The van der Waals surface area contributed by atoms with E-state index in [9.17, 15) is 23.1 Å². The number of phenolic OH excluding ortho intramolecular Hbond substituents is 1. The quantitative estimate of drug-likeness (QED) is 0.725. The molecule has 0 aliphatic heterocycles. The standard InChI is InChI=1S/C17H11F3N2O4/c18-17(19,20)25-11-7-5-10(6-8-11)21-16(24)13-9-15(26-22-13)12-3-1-2-4-14(12)23/h1-9,23H,(H,21,24). The molecular weight excluding hydrogens is 353 g/mol. The summed E-state index contributed by atoms with van der Waals surface area (Å²) in [6.45, 7) is 0. The Morgan fingerprint density at radius 1 is 1.12 bits per heavy atom. The number of alkyl halides is 3. The first-order chi connectivity index (χ1) is 12.3. The van der Waals surface area contributed by atoms with Crippen molar-refractivity contribution >= 4 is 11.6 Å². The third-order valence-electron chi connectivity index (χ3n) is 3.26. The molecule has 134 valence electrons. The first kappa shape index (κ1) is 17.3. The predicted molar refractivity (Wildman–Crippen MR) is 84.7 cm³/mol. The zero-order valence-electron chi connectivity index (χ0n) is 12.9. The number of rotatable bonds is 4. The normalized spacial score (nSPS) is 11.2. The van der Waals surface area contributed by atoms with Crippen LogP contribution >= 0.6 is 0 Å². The number of anilines is 1. The molecule has 3 rings (SSSR count). The van der Waals surface area contributed by atoms with Crippen LogP contribution in [0.4, 0.5) is 18.9 Å². The minimum absolute atomic E-state index is 0.0316. The molecule has 2 aromatic carbocycles. The van der Waals surface area contributed by atoms with E-state index in [1.54, 1.807) is 18.2 Å². The fourth-order valence-corrected chi connectivity index (χ4v) is 2.13. The maximum absolute atomic E-state index is 12.2. The van der Waals surface area contributed by atoms with Gasteiger partial charge in [0.2, 0.25) is 0 Å². The van der Waals surface area contributed by atoms with Crippen molar-refractivity contribution in [3.63, 3.8) is 0 Å². The lowest BCUT2D eigenvalue weighted by Crippen LogP contribution is -2.17. The van der Waals surface area contributed by atoms with Gasteiger partial charge in [-0.25, -0.2) is 0 Å². The van der Waals surface area contributed by atoms with Crippen LogP contribution < -0.4 is 10.1 Å². The molecule has 0 radical (unpaired) electrons. The van der Waals surface area contributed by atoms with Gasteiger partial charge in [-0.05, 0) is 36.4 Å². The molecule has 0 aliphatic rings. The van der Waals surface area contributed by atoms with Crippen molar-refractivity contribution in [1.29, 1.82) is 0 Å². The van der Waals surface area contributed by atoms with Crippen molar-refractivity contribution in [2.75, 3.05) is 5.32 Å². The summed E-state index contributed by atoms with van der Waals surface area (Å²) in [6, 6.07) is 12.4. The second-order valence-electron chi connectivity index (χ2n) is 5.12. The number of carbonyl (C=O) groups is 1. The molecular formula is C17H11F3N2O4. The fraction of sp³-hybridized carbons (Fsp3) is 0.0588. The number of halogens is 3. The van der Waals surface area contributed by atoms with Gasteiger partial charge in [-0.15, -0.1) is 13.2 Å². The van der Waals surface area contributed by atoms with Crippen LogP contribution in [0.15, 0.2) is 59.1 Å². The second-order valence-corrected chi connectivity index (χ2v) is 5.12. The van der Waals surface area contributed by atoms with Gasteiger partial charge in [0.15, 0.2) is 11.5 Å². The number of aromatic nitrogens is 1. The van der Waals surface area contributed by atoms with E-state index >= 15 is 0 Å². The van der Waals surface area contributed by atoms with E-state index < -0.39 is 18.0 Å². The summed E-state index contributed by atoms with van der Waals surface area (Å²) >= 11 is 0. The van der Waals surface area contributed by atoms with Crippen molar-refractivity contribution in [3.8, 4) is 22.8 Å². The third-order valence-corrected chi connectivity index (χ3v) is 3.26. The summed E-state index contributed by atoms with van der Waals surface area (Å²) in [7, 11) is 0. The zero-order chi connectivity index (χ0) is 18.7. The number of para-hydroxylation sites is 1. The SMILES string of the molecule is O=C(Nc1ccc(OC(F)(F)F)cc1)c1cc(-c2ccccc2O)on1. The molecule has 0 fully saturated rings. The molecule has 2 N–H and O–H groups in total. The molecule has 3 aromatic rings. The Kier molecular flexibility index (Phi) is 4.53. The summed E-state index contributed by atoms with van der Waals surface area (Å²) in [5.41, 5.74) is 0.559. The number of ether oxygens (including phenoxy) is 1. The number of nitrogens with zero attached hydrogens (tertiary/aromatic N) is 1. The number of hydrogen-bond donors (Lipinski definition) is 2. The average molecular weight is 364 g/mol. The Bertz CT molecular complexity index is 920. The number of benzene rings is 2. The second kappa shape index (κ2) is 6.79. The molecule has 0 unspecified atom stereocenters. The molecule has 0 saturated heterocycles. The third kappa shape index (κ3) is 4.12. The lowest BCUT2D eigenvalue weighted by atomic mass is 10.1. The maximum Gasteiger partial charge on any atom is 0.573 e. The lowest BCUT2D eigenvalue weighted by Gasteiger charge is -2.09. The number of amides is 1. The molecule has 0 atom stereocenters. The highest BCUT2D eigenvalue weighted by Crippen LogP contribution is 2.29. The van der Waals surface area contributed by atoms with Crippen molar-refractivity contribution < 1.29 is 32.3 Å². The van der Waals surface area contributed by atoms with Crippen LogP contribution in [0.2, 0.25) is 0 Å². The zero-order valence-corrected chi connectivity index (χ0v) is 12.9. The fourth-order valence-electron chi connectivity index (χ4n) is 2.13. The van der Waals surface area contributed by atoms with E-state index in [1.165, 1.54) is 24.3 Å². The molecule has 0 spiro atoms. The van der Waals surface area contributed by atoms with Crippen molar-refractivity contribution in [2.24, 2.45) is 0 Å².